The van der Waals surface area contributed by atoms with E-state index in [2.05, 4.69) is 20.7 Å². The second-order valence-corrected chi connectivity index (χ2v) is 9.96. The third-order valence-electron chi connectivity index (χ3n) is 5.95. The van der Waals surface area contributed by atoms with Crippen LogP contribution in [-0.4, -0.2) is 35.4 Å². The highest BCUT2D eigenvalue weighted by Crippen LogP contribution is 2.33. The Kier molecular flexibility index (Phi) is 8.07. The maximum atomic E-state index is 13.0. The van der Waals surface area contributed by atoms with E-state index in [-0.39, 0.29) is 17.4 Å². The molecule has 0 aliphatic carbocycles. The van der Waals surface area contributed by atoms with Crippen LogP contribution in [0.15, 0.2) is 35.1 Å². The van der Waals surface area contributed by atoms with Crippen LogP contribution in [0.25, 0.3) is 11.1 Å². The Morgan fingerprint density at radius 3 is 2.47 bits per heavy atom. The van der Waals surface area contributed by atoms with Crippen LogP contribution in [0.3, 0.4) is 0 Å². The molecule has 2 bridgehead atoms. The number of rotatable bonds is 2. The van der Waals surface area contributed by atoms with Crippen LogP contribution in [0.4, 0.5) is 21.0 Å². The maximum Gasteiger partial charge on any atom is 0.411 e. The summed E-state index contributed by atoms with van der Waals surface area (Å²) in [6, 6.07) is 7.79. The highest BCUT2D eigenvalue weighted by molar-refractivity contribution is 5.98. The normalized spacial score (nSPS) is 18.0. The Balaban J connectivity index is 2.13. The van der Waals surface area contributed by atoms with Gasteiger partial charge in [-0.15, -0.1) is 0 Å². The number of benzene rings is 1. The van der Waals surface area contributed by atoms with E-state index in [9.17, 15) is 19.2 Å². The summed E-state index contributed by atoms with van der Waals surface area (Å²) < 4.78 is 11.6. The van der Waals surface area contributed by atoms with Crippen LogP contribution in [0.2, 0.25) is 0 Å². The van der Waals surface area contributed by atoms with Gasteiger partial charge in [-0.25, -0.2) is 9.59 Å². The van der Waals surface area contributed by atoms with Crippen molar-refractivity contribution in [3.8, 4) is 11.1 Å². The van der Waals surface area contributed by atoms with Gasteiger partial charge < -0.3 is 24.7 Å². The van der Waals surface area contributed by atoms with Crippen molar-refractivity contribution in [3.05, 3.63) is 46.4 Å². The number of nitrogens with zero attached hydrogens (tertiary/aromatic N) is 1. The summed E-state index contributed by atoms with van der Waals surface area (Å²) in [5.41, 5.74) is 1.71. The minimum Gasteiger partial charge on any atom is -0.453 e. The fraction of sp³-hybridized carbons (Fsp3) is 0.462. The van der Waals surface area contributed by atoms with E-state index < -0.39 is 23.8 Å². The average molecular weight is 499 g/mol. The van der Waals surface area contributed by atoms with Crippen LogP contribution in [0, 0.1) is 5.92 Å². The molecule has 2 heterocycles. The lowest BCUT2D eigenvalue weighted by Gasteiger charge is -2.26. The zero-order valence-corrected chi connectivity index (χ0v) is 21.6. The second-order valence-electron chi connectivity index (χ2n) is 9.96. The van der Waals surface area contributed by atoms with Crippen LogP contribution in [0.1, 0.15) is 58.7 Å². The molecule has 0 fully saturated rings. The molecular weight excluding hydrogens is 464 g/mol. The number of fused-ring (bicyclic) bond motifs is 4. The predicted molar refractivity (Wildman–Crippen MR) is 137 cm³/mol. The van der Waals surface area contributed by atoms with Crippen molar-refractivity contribution in [2.75, 3.05) is 17.7 Å². The number of amides is 3. The molecule has 2 aromatic rings. The molecule has 0 saturated heterocycles. The summed E-state index contributed by atoms with van der Waals surface area (Å²) in [5, 5.41) is 8.44. The number of alkyl carbamates (subject to hydrolysis) is 1. The van der Waals surface area contributed by atoms with Crippen molar-refractivity contribution in [2.45, 2.75) is 58.6 Å². The number of methoxy groups -OCH3 is 1. The molecule has 1 aliphatic rings. The summed E-state index contributed by atoms with van der Waals surface area (Å²) >= 11 is 0. The van der Waals surface area contributed by atoms with Crippen molar-refractivity contribution < 1.29 is 23.9 Å². The molecule has 0 saturated carbocycles. The Bertz CT molecular complexity index is 1210. The van der Waals surface area contributed by atoms with Gasteiger partial charge in [0, 0.05) is 36.0 Å². The number of carbonyl (C=O) groups excluding carboxylic acids is 3. The summed E-state index contributed by atoms with van der Waals surface area (Å²) in [6.07, 6.45) is 0.491. The highest BCUT2D eigenvalue weighted by Gasteiger charge is 2.25. The van der Waals surface area contributed by atoms with Crippen molar-refractivity contribution in [3.63, 3.8) is 0 Å². The van der Waals surface area contributed by atoms with Gasteiger partial charge in [-0.2, -0.15) is 0 Å². The van der Waals surface area contributed by atoms with E-state index in [1.54, 1.807) is 46.0 Å². The lowest BCUT2D eigenvalue weighted by molar-refractivity contribution is -0.119. The van der Waals surface area contributed by atoms with Gasteiger partial charge in [-0.3, -0.25) is 14.9 Å². The minimum atomic E-state index is -0.676. The largest absolute Gasteiger partial charge is 0.453 e. The topological polar surface area (TPSA) is 128 Å². The molecule has 1 unspecified atom stereocenters. The molecule has 1 aliphatic heterocycles. The first-order valence-electron chi connectivity index (χ1n) is 11.9. The van der Waals surface area contributed by atoms with E-state index in [1.807, 2.05) is 13.0 Å². The van der Waals surface area contributed by atoms with Crippen LogP contribution < -0.4 is 21.5 Å². The van der Waals surface area contributed by atoms with E-state index in [0.29, 0.717) is 47.5 Å². The molecule has 1 aromatic carbocycles. The second kappa shape index (κ2) is 10.8. The van der Waals surface area contributed by atoms with E-state index in [1.165, 1.54) is 17.7 Å². The van der Waals surface area contributed by atoms with Gasteiger partial charge in [-0.05, 0) is 57.4 Å². The zero-order valence-electron chi connectivity index (χ0n) is 21.6. The molecule has 2 atom stereocenters. The molecule has 3 rings (SSSR count). The van der Waals surface area contributed by atoms with Crippen molar-refractivity contribution in [1.82, 2.24) is 9.88 Å². The number of hydrogen-bond donors (Lipinski definition) is 3. The first-order valence-corrected chi connectivity index (χ1v) is 11.9. The van der Waals surface area contributed by atoms with Crippen LogP contribution >= 0.6 is 0 Å². The molecule has 1 aromatic heterocycles. The van der Waals surface area contributed by atoms with Crippen molar-refractivity contribution >= 4 is 29.5 Å². The number of hydrogen-bond acceptors (Lipinski definition) is 6. The van der Waals surface area contributed by atoms with Gasteiger partial charge in [0.2, 0.25) is 5.91 Å². The van der Waals surface area contributed by atoms with E-state index in [4.69, 9.17) is 4.74 Å². The fourth-order valence-electron chi connectivity index (χ4n) is 4.05. The lowest BCUT2D eigenvalue weighted by Crippen LogP contribution is -2.37. The number of carbonyl (C=O) groups is 3. The lowest BCUT2D eigenvalue weighted by atomic mass is 9.95. The van der Waals surface area contributed by atoms with Crippen LogP contribution in [-0.2, 0) is 21.3 Å². The minimum absolute atomic E-state index is 0.187. The number of aromatic nitrogens is 1. The Morgan fingerprint density at radius 1 is 1.08 bits per heavy atom. The number of pyridine rings is 1. The standard InChI is InChI=1S/C26H34N4O6/c1-15-8-7-9-19(29-25(34)36-26(2,3)4)21-12-16(13-22(31)30(21)5)18-11-10-17(27-24(33)35-6)14-20(18)28-23(15)32/h10-15,19H,7-9H2,1-6H3,(H,27,33)(H,28,32)(H,29,34)/t15?,19-/m0/s1. The van der Waals surface area contributed by atoms with Gasteiger partial charge >= 0.3 is 12.2 Å². The summed E-state index contributed by atoms with van der Waals surface area (Å²) in [6.45, 7) is 7.18. The van der Waals surface area contributed by atoms with Gasteiger partial charge in [-0.1, -0.05) is 19.4 Å². The zero-order chi connectivity index (χ0) is 26.6. The highest BCUT2D eigenvalue weighted by atomic mass is 16.6. The molecule has 3 N–H and O–H groups in total. The van der Waals surface area contributed by atoms with Gasteiger partial charge in [0.05, 0.1) is 18.8 Å². The van der Waals surface area contributed by atoms with Gasteiger partial charge in [0.25, 0.3) is 5.56 Å². The van der Waals surface area contributed by atoms with Crippen molar-refractivity contribution in [1.29, 1.82) is 0 Å². The van der Waals surface area contributed by atoms with E-state index >= 15 is 0 Å². The Morgan fingerprint density at radius 2 is 1.81 bits per heavy atom. The quantitative estimate of drug-likeness (QED) is 0.557. The molecule has 10 heteroatoms. The number of anilines is 2. The predicted octanol–water partition coefficient (Wildman–Crippen LogP) is 4.55. The monoisotopic (exact) mass is 498 g/mol. The summed E-state index contributed by atoms with van der Waals surface area (Å²) in [5.74, 6) is -0.494. The molecule has 10 nitrogen and oxygen atoms in total. The molecule has 0 spiro atoms. The maximum absolute atomic E-state index is 13.0. The van der Waals surface area contributed by atoms with Gasteiger partial charge in [0.15, 0.2) is 0 Å². The smallest absolute Gasteiger partial charge is 0.411 e. The number of ether oxygens (including phenoxy) is 2. The molecule has 3 amide bonds. The first kappa shape index (κ1) is 26.8. The Hall–Kier alpha value is -3.82. The number of nitrogens with one attached hydrogen (secondary N) is 3. The molecule has 0 radical (unpaired) electrons. The van der Waals surface area contributed by atoms with Crippen LogP contribution in [0.5, 0.6) is 0 Å². The molecule has 194 valence electrons. The Labute approximate surface area is 210 Å². The van der Waals surface area contributed by atoms with Gasteiger partial charge in [0.1, 0.15) is 5.60 Å². The third-order valence-corrected chi connectivity index (χ3v) is 5.95. The van der Waals surface area contributed by atoms with Crippen molar-refractivity contribution in [2.24, 2.45) is 13.0 Å². The third kappa shape index (κ3) is 6.65. The SMILES string of the molecule is COC(=O)Nc1ccc2c(c1)NC(=O)C(C)CCC[C@H](NC(=O)OC(C)(C)C)c1cc-2cc(=O)n1C. The summed E-state index contributed by atoms with van der Waals surface area (Å²) in [4.78, 5) is 50.3. The molecule has 36 heavy (non-hydrogen) atoms. The summed E-state index contributed by atoms with van der Waals surface area (Å²) in [7, 11) is 2.92. The average Bonchev–Trinajstić information content (AvgIpc) is 2.78. The van der Waals surface area contributed by atoms with E-state index in [0.717, 1.165) is 0 Å². The fourth-order valence-corrected chi connectivity index (χ4v) is 4.05. The molecular formula is C26H34N4O6. The first-order chi connectivity index (χ1) is 16.9.